The van der Waals surface area contributed by atoms with Gasteiger partial charge in [0.25, 0.3) is 0 Å². The summed E-state index contributed by atoms with van der Waals surface area (Å²) in [7, 11) is 1.82. The fraction of sp³-hybridized carbons (Fsp3) is 0.438. The number of likely N-dealkylation sites (N-methyl/N-ethyl adjacent to an activating group) is 1. The van der Waals surface area contributed by atoms with E-state index >= 15 is 0 Å². The third-order valence-corrected chi connectivity index (χ3v) is 4.49. The summed E-state index contributed by atoms with van der Waals surface area (Å²) in [5.41, 5.74) is 1.69. The zero-order valence-electron chi connectivity index (χ0n) is 12.7. The Morgan fingerprint density at radius 1 is 1.38 bits per heavy atom. The van der Waals surface area contributed by atoms with Gasteiger partial charge in [-0.2, -0.15) is 0 Å². The van der Waals surface area contributed by atoms with Crippen molar-refractivity contribution in [2.24, 2.45) is 0 Å². The number of hydrogen-bond donors (Lipinski definition) is 1. The predicted molar refractivity (Wildman–Crippen MR) is 87.7 cm³/mol. The van der Waals surface area contributed by atoms with E-state index in [2.05, 4.69) is 36.5 Å². The topological polar surface area (TPSA) is 24.9 Å². The third-order valence-electron chi connectivity index (χ3n) is 3.38. The third kappa shape index (κ3) is 4.02. The van der Waals surface area contributed by atoms with Crippen LogP contribution in [0.4, 0.5) is 4.39 Å². The second-order valence-corrected chi connectivity index (χ2v) is 7.47. The van der Waals surface area contributed by atoms with Crippen LogP contribution in [-0.2, 0) is 11.8 Å². The molecule has 1 N–H and O–H groups in total. The van der Waals surface area contributed by atoms with Gasteiger partial charge in [-0.3, -0.25) is 0 Å². The molecular formula is C16H20ClFN2S. The highest BCUT2D eigenvalue weighted by Gasteiger charge is 2.20. The summed E-state index contributed by atoms with van der Waals surface area (Å²) in [5.74, 6) is -0.244. The average molecular weight is 327 g/mol. The van der Waals surface area contributed by atoms with Gasteiger partial charge in [-0.25, -0.2) is 9.37 Å². The maximum absolute atomic E-state index is 14.0. The molecule has 0 aliphatic carbocycles. The molecule has 0 saturated carbocycles. The van der Waals surface area contributed by atoms with Gasteiger partial charge in [-0.1, -0.05) is 32.4 Å². The van der Waals surface area contributed by atoms with Crippen LogP contribution in [0.3, 0.4) is 0 Å². The minimum absolute atomic E-state index is 0.0329. The van der Waals surface area contributed by atoms with Gasteiger partial charge in [0.05, 0.1) is 10.7 Å². The Kier molecular flexibility index (Phi) is 5.02. The lowest BCUT2D eigenvalue weighted by atomic mass is 9.93. The standard InChI is InChI=1S/C16H20ClFN2S/c1-16(2,3)14-9-21-15(20-14)8-13(19-4)11-7-10(17)5-6-12(11)18/h5-7,9,13,19H,8H2,1-4H3. The summed E-state index contributed by atoms with van der Waals surface area (Å²) in [6.45, 7) is 6.41. The summed E-state index contributed by atoms with van der Waals surface area (Å²) in [5, 5.41) is 6.77. The minimum atomic E-state index is -0.244. The van der Waals surface area contributed by atoms with E-state index in [9.17, 15) is 4.39 Å². The first-order valence-electron chi connectivity index (χ1n) is 6.88. The maximum atomic E-state index is 14.0. The van der Waals surface area contributed by atoms with Gasteiger partial charge in [0.2, 0.25) is 0 Å². The lowest BCUT2D eigenvalue weighted by molar-refractivity contribution is 0.529. The fourth-order valence-corrected chi connectivity index (χ4v) is 3.32. The zero-order valence-corrected chi connectivity index (χ0v) is 14.3. The number of rotatable bonds is 4. The van der Waals surface area contributed by atoms with Crippen molar-refractivity contribution in [1.29, 1.82) is 0 Å². The fourth-order valence-electron chi connectivity index (χ4n) is 2.07. The Morgan fingerprint density at radius 2 is 2.10 bits per heavy atom. The van der Waals surface area contributed by atoms with Crippen molar-refractivity contribution in [2.45, 2.75) is 38.6 Å². The number of benzene rings is 1. The van der Waals surface area contributed by atoms with Crippen molar-refractivity contribution >= 4 is 22.9 Å². The van der Waals surface area contributed by atoms with Crippen molar-refractivity contribution in [3.8, 4) is 0 Å². The van der Waals surface area contributed by atoms with E-state index in [1.807, 2.05) is 7.05 Å². The molecule has 0 fully saturated rings. The highest BCUT2D eigenvalue weighted by Crippen LogP contribution is 2.28. The van der Waals surface area contributed by atoms with E-state index in [1.54, 1.807) is 23.5 Å². The molecule has 0 bridgehead atoms. The number of nitrogens with one attached hydrogen (secondary N) is 1. The van der Waals surface area contributed by atoms with Crippen LogP contribution in [0, 0.1) is 5.82 Å². The molecule has 21 heavy (non-hydrogen) atoms. The van der Waals surface area contributed by atoms with Crippen molar-refractivity contribution in [1.82, 2.24) is 10.3 Å². The van der Waals surface area contributed by atoms with Gasteiger partial charge < -0.3 is 5.32 Å². The van der Waals surface area contributed by atoms with E-state index in [1.165, 1.54) is 6.07 Å². The molecule has 2 nitrogen and oxygen atoms in total. The monoisotopic (exact) mass is 326 g/mol. The first kappa shape index (κ1) is 16.4. The molecule has 0 radical (unpaired) electrons. The molecule has 0 spiro atoms. The van der Waals surface area contributed by atoms with Crippen molar-refractivity contribution in [3.05, 3.63) is 50.7 Å². The lowest BCUT2D eigenvalue weighted by Gasteiger charge is -2.17. The molecule has 1 heterocycles. The van der Waals surface area contributed by atoms with Crippen LogP contribution in [0.5, 0.6) is 0 Å². The van der Waals surface area contributed by atoms with E-state index in [0.717, 1.165) is 10.7 Å². The molecule has 2 aromatic rings. The Bertz CT molecular complexity index is 619. The highest BCUT2D eigenvalue weighted by molar-refractivity contribution is 7.09. The molecule has 1 aromatic carbocycles. The van der Waals surface area contributed by atoms with Gasteiger partial charge in [0.1, 0.15) is 5.82 Å². The van der Waals surface area contributed by atoms with E-state index in [0.29, 0.717) is 17.0 Å². The van der Waals surface area contributed by atoms with Crippen LogP contribution in [0.15, 0.2) is 23.6 Å². The van der Waals surface area contributed by atoms with Gasteiger partial charge in [-0.15, -0.1) is 11.3 Å². The van der Waals surface area contributed by atoms with Crippen LogP contribution < -0.4 is 5.32 Å². The van der Waals surface area contributed by atoms with Crippen LogP contribution in [0.1, 0.15) is 43.1 Å². The molecule has 0 saturated heterocycles. The Labute approximate surface area is 134 Å². The Balaban J connectivity index is 2.23. The van der Waals surface area contributed by atoms with Crippen LogP contribution in [-0.4, -0.2) is 12.0 Å². The van der Waals surface area contributed by atoms with Crippen molar-refractivity contribution in [3.63, 3.8) is 0 Å². The quantitative estimate of drug-likeness (QED) is 0.878. The van der Waals surface area contributed by atoms with Crippen molar-refractivity contribution in [2.75, 3.05) is 7.05 Å². The highest BCUT2D eigenvalue weighted by atomic mass is 35.5. The summed E-state index contributed by atoms with van der Waals surface area (Å²) in [6.07, 6.45) is 0.647. The molecule has 1 atom stereocenters. The second kappa shape index (κ2) is 6.42. The number of thiazole rings is 1. The molecule has 2 rings (SSSR count). The summed E-state index contributed by atoms with van der Waals surface area (Å²) >= 11 is 7.60. The molecule has 1 unspecified atom stereocenters. The summed E-state index contributed by atoms with van der Waals surface area (Å²) in [6, 6.07) is 4.51. The SMILES string of the molecule is CNC(Cc1nc(C(C)(C)C)cs1)c1cc(Cl)ccc1F. The molecule has 0 aliphatic rings. The first-order chi connectivity index (χ1) is 9.81. The molecule has 0 aliphatic heterocycles. The Morgan fingerprint density at radius 3 is 2.67 bits per heavy atom. The van der Waals surface area contributed by atoms with E-state index in [-0.39, 0.29) is 17.3 Å². The normalized spacial score (nSPS) is 13.4. The predicted octanol–water partition coefficient (Wildman–Crippen LogP) is 4.74. The Hall–Kier alpha value is -0.970. The van der Waals surface area contributed by atoms with Gasteiger partial charge in [-0.05, 0) is 25.2 Å². The summed E-state index contributed by atoms with van der Waals surface area (Å²) in [4.78, 5) is 4.67. The molecule has 5 heteroatoms. The molecule has 0 amide bonds. The summed E-state index contributed by atoms with van der Waals surface area (Å²) < 4.78 is 14.0. The lowest BCUT2D eigenvalue weighted by Crippen LogP contribution is -2.20. The first-order valence-corrected chi connectivity index (χ1v) is 8.14. The molecular weight excluding hydrogens is 307 g/mol. The van der Waals surface area contributed by atoms with Crippen LogP contribution >= 0.6 is 22.9 Å². The number of aromatic nitrogens is 1. The van der Waals surface area contributed by atoms with E-state index in [4.69, 9.17) is 11.6 Å². The van der Waals surface area contributed by atoms with Gasteiger partial charge in [0, 0.05) is 33.8 Å². The smallest absolute Gasteiger partial charge is 0.128 e. The average Bonchev–Trinajstić information content (AvgIpc) is 2.87. The van der Waals surface area contributed by atoms with Crippen LogP contribution in [0.2, 0.25) is 5.02 Å². The molecule has 1 aromatic heterocycles. The minimum Gasteiger partial charge on any atom is -0.313 e. The molecule has 114 valence electrons. The number of hydrogen-bond acceptors (Lipinski definition) is 3. The number of halogens is 2. The van der Waals surface area contributed by atoms with Crippen molar-refractivity contribution < 1.29 is 4.39 Å². The largest absolute Gasteiger partial charge is 0.313 e. The number of nitrogens with zero attached hydrogens (tertiary/aromatic N) is 1. The van der Waals surface area contributed by atoms with Gasteiger partial charge in [0.15, 0.2) is 0 Å². The van der Waals surface area contributed by atoms with Gasteiger partial charge >= 0.3 is 0 Å². The maximum Gasteiger partial charge on any atom is 0.128 e. The van der Waals surface area contributed by atoms with Crippen LogP contribution in [0.25, 0.3) is 0 Å². The second-order valence-electron chi connectivity index (χ2n) is 6.09. The van der Waals surface area contributed by atoms with E-state index < -0.39 is 0 Å². The zero-order chi connectivity index (χ0) is 15.6.